The van der Waals surface area contributed by atoms with Crippen LogP contribution in [0.5, 0.6) is 0 Å². The number of fused-ring (bicyclic) bond motifs is 7. The van der Waals surface area contributed by atoms with Gasteiger partial charge in [0.1, 0.15) is 0 Å². The highest BCUT2D eigenvalue weighted by Crippen LogP contribution is 2.88. The lowest BCUT2D eigenvalue weighted by molar-refractivity contribution is -0.143. The molecule has 12 saturated carbocycles. The molecule has 0 nitrogen and oxygen atoms in total. The number of hydrogen-bond donors (Lipinski definition) is 0. The Kier molecular flexibility index (Phi) is 2.90. The van der Waals surface area contributed by atoms with Gasteiger partial charge >= 0.3 is 0 Å². The highest BCUT2D eigenvalue weighted by atomic mass is 14.9. The summed E-state index contributed by atoms with van der Waals surface area (Å²) in [7, 11) is 0. The van der Waals surface area contributed by atoms with Crippen molar-refractivity contribution in [2.45, 2.75) is 51.4 Å². The summed E-state index contributed by atoms with van der Waals surface area (Å²) in [6, 6.07) is 0. The molecular weight excluding hydrogens is 480 g/mol. The van der Waals surface area contributed by atoms with Crippen LogP contribution in [0.4, 0.5) is 0 Å². The summed E-state index contributed by atoms with van der Waals surface area (Å²) in [6.45, 7) is 0. The molecule has 0 aliphatic heterocycles. The Labute approximate surface area is 240 Å². The molecule has 26 atom stereocenters. The second-order valence-corrected chi connectivity index (χ2v) is 19.3. The highest BCUT2D eigenvalue weighted by Gasteiger charge is 2.83. The van der Waals surface area contributed by atoms with Gasteiger partial charge in [0.05, 0.1) is 0 Å². The molecular formula is C40H44. The maximum Gasteiger partial charge on any atom is 0.0308 e. The van der Waals surface area contributed by atoms with Crippen molar-refractivity contribution in [2.24, 2.45) is 154 Å². The Hall–Kier alpha value is -0.960. The monoisotopic (exact) mass is 524 g/mol. The third-order valence-corrected chi connectivity index (χ3v) is 20.3. The molecule has 4 bridgehead atoms. The molecule has 12 fully saturated rings. The molecule has 0 heterocycles. The van der Waals surface area contributed by atoms with E-state index in [4.69, 9.17) is 0 Å². The van der Waals surface area contributed by atoms with Crippen molar-refractivity contribution in [3.05, 3.63) is 23.3 Å². The van der Waals surface area contributed by atoms with Crippen molar-refractivity contribution < 1.29 is 0 Å². The first-order valence-corrected chi connectivity index (χ1v) is 18.8. The van der Waals surface area contributed by atoms with E-state index < -0.39 is 0 Å². The lowest BCUT2D eigenvalue weighted by Gasteiger charge is -2.61. The number of rotatable bonds is 0. The van der Waals surface area contributed by atoms with E-state index in [9.17, 15) is 0 Å². The van der Waals surface area contributed by atoms with Crippen LogP contribution in [0.2, 0.25) is 0 Å². The summed E-state index contributed by atoms with van der Waals surface area (Å²) in [5, 5.41) is 0. The minimum Gasteiger partial charge on any atom is -0.0993 e. The normalized spacial score (nSPS) is 78.0. The molecule has 0 amide bonds. The summed E-state index contributed by atoms with van der Waals surface area (Å²) < 4.78 is 0. The second kappa shape index (κ2) is 5.78. The molecule has 0 aromatic heterocycles. The molecule has 204 valence electrons. The van der Waals surface area contributed by atoms with E-state index >= 15 is 0 Å². The predicted molar refractivity (Wildman–Crippen MR) is 152 cm³/mol. The van der Waals surface area contributed by atoms with Crippen molar-refractivity contribution >= 4 is 0 Å². The van der Waals surface area contributed by atoms with Gasteiger partial charge in [-0.15, -0.1) is 0 Å². The fraction of sp³-hybridized carbons (Fsp3) is 0.850. The molecule has 0 spiro atoms. The Balaban J connectivity index is 1.12. The van der Waals surface area contributed by atoms with Crippen molar-refractivity contribution in [3.63, 3.8) is 0 Å². The van der Waals surface area contributed by atoms with E-state index in [-0.39, 0.29) is 0 Å². The van der Waals surface area contributed by atoms with Gasteiger partial charge in [-0.3, -0.25) is 0 Å². The van der Waals surface area contributed by atoms with Crippen LogP contribution in [0.3, 0.4) is 0 Å². The van der Waals surface area contributed by atoms with Crippen molar-refractivity contribution in [1.29, 1.82) is 0 Å². The number of allylic oxidation sites excluding steroid dienone is 4. The summed E-state index contributed by atoms with van der Waals surface area (Å²) in [4.78, 5) is 0. The third-order valence-electron chi connectivity index (χ3n) is 20.3. The smallest absolute Gasteiger partial charge is 0.0308 e. The Bertz CT molecular complexity index is 1480. The Morgan fingerprint density at radius 3 is 1.77 bits per heavy atom. The summed E-state index contributed by atoms with van der Waals surface area (Å²) >= 11 is 0. The summed E-state index contributed by atoms with van der Waals surface area (Å²) in [5.74, 6) is 36.1. The molecule has 0 N–H and O–H groups in total. The molecule has 26 unspecified atom stereocenters. The second-order valence-electron chi connectivity index (χ2n) is 19.3. The molecule has 15 aliphatic rings. The van der Waals surface area contributed by atoms with E-state index in [0.29, 0.717) is 5.92 Å². The van der Waals surface area contributed by atoms with Crippen LogP contribution in [-0.2, 0) is 0 Å². The zero-order valence-corrected chi connectivity index (χ0v) is 23.8. The summed E-state index contributed by atoms with van der Waals surface area (Å²) in [6.07, 6.45) is 18.5. The van der Waals surface area contributed by atoms with Crippen molar-refractivity contribution in [2.75, 3.05) is 0 Å². The largest absolute Gasteiger partial charge is 0.0993 e. The van der Waals surface area contributed by atoms with Gasteiger partial charge in [0.2, 0.25) is 0 Å². The Morgan fingerprint density at radius 2 is 1.00 bits per heavy atom. The summed E-state index contributed by atoms with van der Waals surface area (Å²) in [5.41, 5.74) is 4.42. The van der Waals surface area contributed by atoms with E-state index in [1.54, 1.807) is 38.5 Å². The van der Waals surface area contributed by atoms with Gasteiger partial charge in [0.25, 0.3) is 0 Å². The van der Waals surface area contributed by atoms with E-state index in [0.717, 1.165) is 118 Å². The molecule has 15 aliphatic carbocycles. The van der Waals surface area contributed by atoms with E-state index in [1.165, 1.54) is 42.4 Å². The molecule has 0 aromatic carbocycles. The SMILES string of the molecule is C1#CC2CC3C4C5=C6CC1C1C=CC7C8CCC9C%10CCC%11C%12CCC2C3C%12C2C%11C%10C3C9C8C(C5C3C42)C7C61. The van der Waals surface area contributed by atoms with Gasteiger partial charge < -0.3 is 0 Å². The lowest BCUT2D eigenvalue weighted by Crippen LogP contribution is -2.58. The van der Waals surface area contributed by atoms with Crippen LogP contribution in [0.15, 0.2) is 23.3 Å². The van der Waals surface area contributed by atoms with Crippen molar-refractivity contribution in [1.82, 2.24) is 0 Å². The standard InChI is InChI=1S/C40H44/c1-2-14-12-24-26-16(14)4-6-18-20-8-10-22-21-9-7-19-17-5-3-15-13(1)11-23-25(15)27(17)35-29(19)31(21)37-32(22)30(20)36(28(18)26)39-34(24)33(23)38(35)40(37)39/h3,5,13-22,24-32,34-40H,4,6-12H2. The van der Waals surface area contributed by atoms with E-state index in [1.807, 2.05) is 0 Å². The molecule has 0 aromatic rings. The third kappa shape index (κ3) is 1.63. The molecule has 0 radical (unpaired) electrons. The first kappa shape index (κ1) is 20.1. The average molecular weight is 525 g/mol. The van der Waals surface area contributed by atoms with Gasteiger partial charge in [-0.05, 0) is 193 Å². The molecule has 0 heteroatoms. The van der Waals surface area contributed by atoms with Crippen LogP contribution in [0.25, 0.3) is 0 Å². The van der Waals surface area contributed by atoms with Crippen molar-refractivity contribution in [3.8, 4) is 11.8 Å². The first-order valence-electron chi connectivity index (χ1n) is 18.8. The van der Waals surface area contributed by atoms with Crippen LogP contribution < -0.4 is 0 Å². The molecule has 15 rings (SSSR count). The van der Waals surface area contributed by atoms with Crippen LogP contribution in [0.1, 0.15) is 51.4 Å². The topological polar surface area (TPSA) is 0 Å². The minimum absolute atomic E-state index is 0.673. The zero-order valence-electron chi connectivity index (χ0n) is 23.8. The van der Waals surface area contributed by atoms with Gasteiger partial charge in [-0.2, -0.15) is 0 Å². The predicted octanol–water partition coefficient (Wildman–Crippen LogP) is 7.19. The van der Waals surface area contributed by atoms with Crippen LogP contribution in [0, 0.1) is 166 Å². The van der Waals surface area contributed by atoms with E-state index in [2.05, 4.69) is 35.1 Å². The van der Waals surface area contributed by atoms with Gasteiger partial charge in [-0.25, -0.2) is 0 Å². The van der Waals surface area contributed by atoms with Crippen LogP contribution in [-0.4, -0.2) is 0 Å². The molecule has 40 heavy (non-hydrogen) atoms. The first-order chi connectivity index (χ1) is 19.9. The quantitative estimate of drug-likeness (QED) is 0.232. The average Bonchev–Trinajstić information content (AvgIpc) is 3.79. The maximum atomic E-state index is 4.21. The fourth-order valence-electron chi connectivity index (χ4n) is 21.2. The lowest BCUT2D eigenvalue weighted by atomic mass is 9.43. The van der Waals surface area contributed by atoms with Gasteiger partial charge in [0.15, 0.2) is 0 Å². The van der Waals surface area contributed by atoms with Gasteiger partial charge in [0, 0.05) is 11.8 Å². The maximum absolute atomic E-state index is 4.21. The minimum atomic E-state index is 0.673. The highest BCUT2D eigenvalue weighted by molar-refractivity contribution is 5.47. The zero-order chi connectivity index (χ0) is 24.7. The van der Waals surface area contributed by atoms with Crippen LogP contribution >= 0.6 is 0 Å². The Morgan fingerprint density at radius 1 is 0.425 bits per heavy atom. The number of hydrogen-bond acceptors (Lipinski definition) is 0. The molecule has 0 saturated heterocycles. The fourth-order valence-corrected chi connectivity index (χ4v) is 21.2. The van der Waals surface area contributed by atoms with Gasteiger partial charge in [-0.1, -0.05) is 35.1 Å².